The van der Waals surface area contributed by atoms with E-state index >= 15 is 0 Å². The molecule has 2 aromatic rings. The van der Waals surface area contributed by atoms with Gasteiger partial charge in [0.25, 0.3) is 5.78 Å². The summed E-state index contributed by atoms with van der Waals surface area (Å²) < 4.78 is 9.82. The van der Waals surface area contributed by atoms with Crippen molar-refractivity contribution in [2.75, 3.05) is 13.7 Å². The minimum atomic E-state index is -0.855. The minimum Gasteiger partial charge on any atom is -0.495 e. The van der Waals surface area contributed by atoms with Crippen molar-refractivity contribution in [2.45, 2.75) is 6.92 Å². The molecule has 4 nitrogen and oxygen atoms in total. The fourth-order valence-electron chi connectivity index (χ4n) is 1.89. The first-order valence-corrected chi connectivity index (χ1v) is 6.44. The Morgan fingerprint density at radius 2 is 1.95 bits per heavy atom. The molecular formula is C15H13ClO4. The van der Waals surface area contributed by atoms with Gasteiger partial charge in [-0.15, -0.1) is 0 Å². The molecule has 0 radical (unpaired) electrons. The van der Waals surface area contributed by atoms with Crippen molar-refractivity contribution in [3.8, 4) is 5.75 Å². The quantitative estimate of drug-likeness (QED) is 0.493. The Hall–Kier alpha value is -2.07. The number of halogens is 1. The monoisotopic (exact) mass is 292 g/mol. The Kier molecular flexibility index (Phi) is 4.25. The van der Waals surface area contributed by atoms with Crippen LogP contribution in [0.3, 0.4) is 0 Å². The molecule has 0 heterocycles. The molecule has 0 aliphatic rings. The number of methoxy groups -OCH3 is 1. The zero-order chi connectivity index (χ0) is 14.7. The van der Waals surface area contributed by atoms with Crippen LogP contribution in [-0.2, 0) is 9.53 Å². The first-order valence-electron chi connectivity index (χ1n) is 6.06. The fraction of sp³-hybridized carbons (Fsp3) is 0.200. The average molecular weight is 293 g/mol. The van der Waals surface area contributed by atoms with Crippen molar-refractivity contribution >= 4 is 34.1 Å². The van der Waals surface area contributed by atoms with E-state index in [4.69, 9.17) is 21.1 Å². The maximum Gasteiger partial charge on any atom is 0.379 e. The Morgan fingerprint density at radius 3 is 2.60 bits per heavy atom. The number of hydrogen-bond donors (Lipinski definition) is 0. The summed E-state index contributed by atoms with van der Waals surface area (Å²) >= 11 is 6.18. The number of rotatable bonds is 4. The second-order valence-corrected chi connectivity index (χ2v) is 4.45. The van der Waals surface area contributed by atoms with Crippen molar-refractivity contribution < 1.29 is 19.1 Å². The van der Waals surface area contributed by atoms with Crippen LogP contribution >= 0.6 is 11.6 Å². The number of carbonyl (C=O) groups is 2. The largest absolute Gasteiger partial charge is 0.495 e. The lowest BCUT2D eigenvalue weighted by Gasteiger charge is -2.08. The molecule has 0 aliphatic heterocycles. The van der Waals surface area contributed by atoms with Crippen LogP contribution < -0.4 is 4.74 Å². The molecule has 0 spiro atoms. The van der Waals surface area contributed by atoms with Gasteiger partial charge in [-0.3, -0.25) is 4.79 Å². The zero-order valence-corrected chi connectivity index (χ0v) is 11.9. The molecule has 0 atom stereocenters. The summed E-state index contributed by atoms with van der Waals surface area (Å²) in [6.07, 6.45) is 0. The number of benzene rings is 2. The molecule has 0 fully saturated rings. The van der Waals surface area contributed by atoms with Crippen LogP contribution in [0.15, 0.2) is 30.3 Å². The number of carbonyl (C=O) groups excluding carboxylic acids is 2. The van der Waals surface area contributed by atoms with Gasteiger partial charge < -0.3 is 9.47 Å². The molecule has 0 bridgehead atoms. The van der Waals surface area contributed by atoms with Crippen molar-refractivity contribution in [3.63, 3.8) is 0 Å². The summed E-state index contributed by atoms with van der Waals surface area (Å²) in [4.78, 5) is 23.3. The van der Waals surface area contributed by atoms with Gasteiger partial charge in [0.05, 0.1) is 18.7 Å². The van der Waals surface area contributed by atoms with Gasteiger partial charge in [-0.05, 0) is 24.4 Å². The summed E-state index contributed by atoms with van der Waals surface area (Å²) in [6.45, 7) is 1.82. The van der Waals surface area contributed by atoms with Gasteiger partial charge >= 0.3 is 5.97 Å². The zero-order valence-electron chi connectivity index (χ0n) is 11.1. The Morgan fingerprint density at radius 1 is 1.20 bits per heavy atom. The first-order chi connectivity index (χ1) is 9.58. The number of ketones is 1. The lowest BCUT2D eigenvalue weighted by molar-refractivity contribution is -0.137. The highest BCUT2D eigenvalue weighted by atomic mass is 35.5. The molecule has 0 unspecified atom stereocenters. The molecular weight excluding hydrogens is 280 g/mol. The van der Waals surface area contributed by atoms with E-state index in [-0.39, 0.29) is 12.2 Å². The predicted molar refractivity (Wildman–Crippen MR) is 76.5 cm³/mol. The molecule has 2 aromatic carbocycles. The van der Waals surface area contributed by atoms with Crippen molar-refractivity contribution in [1.82, 2.24) is 0 Å². The SMILES string of the molecule is CCOC(=O)C(=O)c1ccc2c(Cl)c(OC)ccc2c1. The maximum atomic E-state index is 11.9. The van der Waals surface area contributed by atoms with E-state index in [0.29, 0.717) is 10.8 Å². The Labute approximate surface area is 121 Å². The summed E-state index contributed by atoms with van der Waals surface area (Å²) in [5.74, 6) is -0.962. The molecule has 104 valence electrons. The number of hydrogen-bond acceptors (Lipinski definition) is 4. The highest BCUT2D eigenvalue weighted by Gasteiger charge is 2.18. The minimum absolute atomic E-state index is 0.168. The highest BCUT2D eigenvalue weighted by Crippen LogP contribution is 2.33. The van der Waals surface area contributed by atoms with Crippen LogP contribution in [0.5, 0.6) is 5.75 Å². The van der Waals surface area contributed by atoms with Gasteiger partial charge in [0.1, 0.15) is 5.75 Å². The molecule has 2 rings (SSSR count). The van der Waals surface area contributed by atoms with Gasteiger partial charge in [0.2, 0.25) is 0 Å². The number of esters is 1. The molecule has 0 aliphatic carbocycles. The number of ether oxygens (including phenoxy) is 2. The van der Waals surface area contributed by atoms with Crippen LogP contribution in [0.2, 0.25) is 5.02 Å². The third-order valence-corrected chi connectivity index (χ3v) is 3.25. The molecule has 0 saturated carbocycles. The van der Waals surface area contributed by atoms with Crippen LogP contribution in [0.1, 0.15) is 17.3 Å². The summed E-state index contributed by atoms with van der Waals surface area (Å²) in [5.41, 5.74) is 0.275. The summed E-state index contributed by atoms with van der Waals surface area (Å²) in [5, 5.41) is 1.98. The molecule has 20 heavy (non-hydrogen) atoms. The Balaban J connectivity index is 2.45. The first kappa shape index (κ1) is 14.3. The van der Waals surface area contributed by atoms with E-state index in [0.717, 1.165) is 10.8 Å². The van der Waals surface area contributed by atoms with Crippen molar-refractivity contribution in [1.29, 1.82) is 0 Å². The van der Waals surface area contributed by atoms with Crippen molar-refractivity contribution in [2.24, 2.45) is 0 Å². The smallest absolute Gasteiger partial charge is 0.379 e. The summed E-state index contributed by atoms with van der Waals surface area (Å²) in [7, 11) is 1.53. The predicted octanol–water partition coefficient (Wildman–Crippen LogP) is 3.25. The van der Waals surface area contributed by atoms with E-state index in [2.05, 4.69) is 0 Å². The number of fused-ring (bicyclic) bond motifs is 1. The maximum absolute atomic E-state index is 11.9. The topological polar surface area (TPSA) is 52.6 Å². The van der Waals surface area contributed by atoms with Gasteiger partial charge in [-0.1, -0.05) is 29.8 Å². The molecule has 0 aromatic heterocycles. The van der Waals surface area contributed by atoms with E-state index in [1.54, 1.807) is 37.3 Å². The fourth-order valence-corrected chi connectivity index (χ4v) is 2.20. The molecule has 0 N–H and O–H groups in total. The second-order valence-electron chi connectivity index (χ2n) is 4.07. The van der Waals surface area contributed by atoms with Crippen LogP contribution in [0.25, 0.3) is 10.8 Å². The molecule has 5 heteroatoms. The van der Waals surface area contributed by atoms with E-state index in [1.165, 1.54) is 7.11 Å². The summed E-state index contributed by atoms with van der Waals surface area (Å²) in [6, 6.07) is 8.34. The van der Waals surface area contributed by atoms with Gasteiger partial charge in [0, 0.05) is 10.9 Å². The van der Waals surface area contributed by atoms with E-state index in [1.807, 2.05) is 0 Å². The number of Topliss-reactive ketones (excluding diaryl/α,β-unsaturated/α-hetero) is 1. The average Bonchev–Trinajstić information content (AvgIpc) is 2.46. The lowest BCUT2D eigenvalue weighted by atomic mass is 10.0. The molecule has 0 amide bonds. The van der Waals surface area contributed by atoms with Crippen LogP contribution in [0.4, 0.5) is 0 Å². The van der Waals surface area contributed by atoms with Crippen LogP contribution in [-0.4, -0.2) is 25.5 Å². The second kappa shape index (κ2) is 5.92. The van der Waals surface area contributed by atoms with E-state index in [9.17, 15) is 9.59 Å². The van der Waals surface area contributed by atoms with Gasteiger partial charge in [-0.2, -0.15) is 0 Å². The standard InChI is InChI=1S/C15H13ClO4/c1-3-20-15(18)14(17)10-4-6-11-9(8-10)5-7-12(19-2)13(11)16/h4-8H,3H2,1-2H3. The lowest BCUT2D eigenvalue weighted by Crippen LogP contribution is -2.17. The normalized spacial score (nSPS) is 10.3. The highest BCUT2D eigenvalue weighted by molar-refractivity contribution is 6.41. The van der Waals surface area contributed by atoms with Crippen LogP contribution in [0, 0.1) is 0 Å². The van der Waals surface area contributed by atoms with Gasteiger partial charge in [-0.25, -0.2) is 4.79 Å². The van der Waals surface area contributed by atoms with Crippen molar-refractivity contribution in [3.05, 3.63) is 40.9 Å². The van der Waals surface area contributed by atoms with Gasteiger partial charge in [0.15, 0.2) is 0 Å². The third kappa shape index (κ3) is 2.60. The third-order valence-electron chi connectivity index (χ3n) is 2.86. The molecule has 0 saturated heterocycles. The van der Waals surface area contributed by atoms with E-state index < -0.39 is 11.8 Å². The Bertz CT molecular complexity index is 679.